The minimum atomic E-state index is -0.717. The highest BCUT2D eigenvalue weighted by molar-refractivity contribution is 5.93. The molecular weight excluding hydrogens is 276 g/mol. The number of rotatable bonds is 5. The molecule has 0 fully saturated rings. The average Bonchev–Trinajstić information content (AvgIpc) is 2.47. The van der Waals surface area contributed by atoms with Crippen LogP contribution in [0.5, 0.6) is 11.5 Å². The van der Waals surface area contributed by atoms with E-state index in [-0.39, 0.29) is 29.4 Å². The van der Waals surface area contributed by atoms with Gasteiger partial charge in [-0.3, -0.25) is 14.9 Å². The smallest absolute Gasteiger partial charge is 0.311 e. The Morgan fingerprint density at radius 1 is 1.24 bits per heavy atom. The molecule has 0 bridgehead atoms. The second-order valence-electron chi connectivity index (χ2n) is 4.17. The lowest BCUT2D eigenvalue weighted by atomic mass is 10.1. The van der Waals surface area contributed by atoms with E-state index in [0.717, 1.165) is 6.07 Å². The lowest BCUT2D eigenvalue weighted by Crippen LogP contribution is -2.11. The Labute approximate surface area is 119 Å². The fraction of sp³-hybridized carbons (Fsp3) is 0.0714. The number of amides is 1. The molecule has 0 aliphatic rings. The van der Waals surface area contributed by atoms with Gasteiger partial charge in [-0.2, -0.15) is 0 Å². The standard InChI is InChI=1S/C14H12N2O5/c15-14(18)9-5-6-11(16(19)20)13(7-9)21-12-4-2-1-3-10(12)8-17/h1-7,17H,8H2,(H2,15,18). The molecule has 7 heteroatoms. The molecule has 0 heterocycles. The summed E-state index contributed by atoms with van der Waals surface area (Å²) in [7, 11) is 0. The number of para-hydroxylation sites is 1. The molecule has 0 aliphatic carbocycles. The number of nitrogens with two attached hydrogens (primary N) is 1. The van der Waals surface area contributed by atoms with Crippen molar-refractivity contribution in [2.24, 2.45) is 5.73 Å². The minimum Gasteiger partial charge on any atom is -0.450 e. The third-order valence-electron chi connectivity index (χ3n) is 2.80. The first kappa shape index (κ1) is 14.5. The van der Waals surface area contributed by atoms with Crippen LogP contribution in [0.15, 0.2) is 42.5 Å². The van der Waals surface area contributed by atoms with E-state index in [1.807, 2.05) is 0 Å². The summed E-state index contributed by atoms with van der Waals surface area (Å²) in [6, 6.07) is 10.2. The van der Waals surface area contributed by atoms with Crippen LogP contribution in [0.25, 0.3) is 0 Å². The van der Waals surface area contributed by atoms with Gasteiger partial charge >= 0.3 is 5.69 Å². The van der Waals surface area contributed by atoms with Gasteiger partial charge in [0.15, 0.2) is 0 Å². The van der Waals surface area contributed by atoms with Crippen LogP contribution in [-0.4, -0.2) is 15.9 Å². The summed E-state index contributed by atoms with van der Waals surface area (Å²) in [5, 5.41) is 20.2. The van der Waals surface area contributed by atoms with E-state index in [1.165, 1.54) is 12.1 Å². The molecule has 0 atom stereocenters. The monoisotopic (exact) mass is 288 g/mol. The molecular formula is C14H12N2O5. The molecule has 7 nitrogen and oxygen atoms in total. The molecule has 2 aromatic carbocycles. The van der Waals surface area contributed by atoms with Gasteiger partial charge in [0.1, 0.15) is 5.75 Å². The van der Waals surface area contributed by atoms with Crippen LogP contribution in [0, 0.1) is 10.1 Å². The SMILES string of the molecule is NC(=O)c1ccc([N+](=O)[O-])c(Oc2ccccc2CO)c1. The molecule has 0 saturated heterocycles. The van der Waals surface area contributed by atoms with E-state index < -0.39 is 10.8 Å². The van der Waals surface area contributed by atoms with Gasteiger partial charge in [-0.05, 0) is 12.1 Å². The van der Waals surface area contributed by atoms with Crippen LogP contribution in [0.3, 0.4) is 0 Å². The van der Waals surface area contributed by atoms with E-state index in [1.54, 1.807) is 24.3 Å². The molecule has 0 spiro atoms. The number of hydrogen-bond acceptors (Lipinski definition) is 5. The van der Waals surface area contributed by atoms with Gasteiger partial charge in [0.2, 0.25) is 11.7 Å². The van der Waals surface area contributed by atoms with Crippen LogP contribution < -0.4 is 10.5 Å². The minimum absolute atomic E-state index is 0.0945. The Bertz CT molecular complexity index is 700. The van der Waals surface area contributed by atoms with Gasteiger partial charge in [-0.1, -0.05) is 18.2 Å². The maximum absolute atomic E-state index is 11.2. The van der Waals surface area contributed by atoms with E-state index in [0.29, 0.717) is 5.56 Å². The van der Waals surface area contributed by atoms with Gasteiger partial charge in [-0.15, -0.1) is 0 Å². The zero-order chi connectivity index (χ0) is 15.4. The van der Waals surface area contributed by atoms with E-state index in [4.69, 9.17) is 10.5 Å². The van der Waals surface area contributed by atoms with Crippen LogP contribution in [0.4, 0.5) is 5.69 Å². The van der Waals surface area contributed by atoms with Gasteiger partial charge in [0, 0.05) is 23.3 Å². The predicted molar refractivity (Wildman–Crippen MR) is 74.1 cm³/mol. The van der Waals surface area contributed by atoms with Crippen molar-refractivity contribution < 1.29 is 19.6 Å². The maximum atomic E-state index is 11.2. The number of hydrogen-bond donors (Lipinski definition) is 2. The quantitative estimate of drug-likeness (QED) is 0.644. The molecule has 0 aromatic heterocycles. The predicted octanol–water partition coefficient (Wildman–Crippen LogP) is 1.98. The third-order valence-corrected chi connectivity index (χ3v) is 2.80. The van der Waals surface area contributed by atoms with Crippen LogP contribution in [0.1, 0.15) is 15.9 Å². The lowest BCUT2D eigenvalue weighted by molar-refractivity contribution is -0.385. The van der Waals surface area contributed by atoms with Crippen LogP contribution in [0.2, 0.25) is 0 Å². The largest absolute Gasteiger partial charge is 0.450 e. The number of nitro groups is 1. The summed E-state index contributed by atoms with van der Waals surface area (Å²) < 4.78 is 5.47. The molecule has 2 rings (SSSR count). The number of nitrogens with zero attached hydrogens (tertiary/aromatic N) is 1. The molecule has 0 aliphatic heterocycles. The number of benzene rings is 2. The molecule has 1 amide bonds. The highest BCUT2D eigenvalue weighted by Gasteiger charge is 2.18. The Morgan fingerprint density at radius 2 is 1.95 bits per heavy atom. The molecule has 0 saturated carbocycles. The van der Waals surface area contributed by atoms with Gasteiger partial charge in [-0.25, -0.2) is 0 Å². The van der Waals surface area contributed by atoms with Gasteiger partial charge in [0.25, 0.3) is 0 Å². The van der Waals surface area contributed by atoms with Crippen molar-refractivity contribution in [3.63, 3.8) is 0 Å². The van der Waals surface area contributed by atoms with Crippen molar-refractivity contribution in [2.75, 3.05) is 0 Å². The summed E-state index contributed by atoms with van der Waals surface area (Å²) in [4.78, 5) is 21.6. The normalized spacial score (nSPS) is 10.1. The zero-order valence-electron chi connectivity index (χ0n) is 10.9. The second kappa shape index (κ2) is 6.02. The van der Waals surface area contributed by atoms with Crippen LogP contribution >= 0.6 is 0 Å². The Kier molecular flexibility index (Phi) is 4.15. The molecule has 21 heavy (non-hydrogen) atoms. The van der Waals surface area contributed by atoms with Crippen molar-refractivity contribution in [3.8, 4) is 11.5 Å². The first-order valence-corrected chi connectivity index (χ1v) is 5.97. The first-order valence-electron chi connectivity index (χ1n) is 5.97. The molecule has 3 N–H and O–H groups in total. The number of aliphatic hydroxyl groups excluding tert-OH is 1. The zero-order valence-corrected chi connectivity index (χ0v) is 10.9. The molecule has 2 aromatic rings. The lowest BCUT2D eigenvalue weighted by Gasteiger charge is -2.10. The third kappa shape index (κ3) is 3.15. The van der Waals surface area contributed by atoms with Crippen molar-refractivity contribution >= 4 is 11.6 Å². The van der Waals surface area contributed by atoms with Gasteiger partial charge < -0.3 is 15.6 Å². The molecule has 0 radical (unpaired) electrons. The fourth-order valence-electron chi connectivity index (χ4n) is 1.75. The number of carbonyl (C=O) groups excluding carboxylic acids is 1. The fourth-order valence-corrected chi connectivity index (χ4v) is 1.75. The molecule has 108 valence electrons. The van der Waals surface area contributed by atoms with Gasteiger partial charge in [0.05, 0.1) is 11.5 Å². The van der Waals surface area contributed by atoms with E-state index >= 15 is 0 Å². The Hall–Kier alpha value is -2.93. The number of primary amides is 1. The van der Waals surface area contributed by atoms with Crippen molar-refractivity contribution in [3.05, 3.63) is 63.7 Å². The number of carbonyl (C=O) groups is 1. The summed E-state index contributed by atoms with van der Waals surface area (Å²) in [6.07, 6.45) is 0. The topological polar surface area (TPSA) is 116 Å². The van der Waals surface area contributed by atoms with Crippen molar-refractivity contribution in [1.29, 1.82) is 0 Å². The summed E-state index contributed by atoms with van der Waals surface area (Å²) in [5.74, 6) is -0.563. The number of aliphatic hydroxyl groups is 1. The van der Waals surface area contributed by atoms with Crippen molar-refractivity contribution in [2.45, 2.75) is 6.61 Å². The molecule has 0 unspecified atom stereocenters. The summed E-state index contributed by atoms with van der Waals surface area (Å²) >= 11 is 0. The number of nitro benzene ring substituents is 1. The first-order chi connectivity index (χ1) is 10.0. The Morgan fingerprint density at radius 3 is 2.57 bits per heavy atom. The van der Waals surface area contributed by atoms with E-state index in [9.17, 15) is 20.0 Å². The van der Waals surface area contributed by atoms with Crippen LogP contribution in [-0.2, 0) is 6.61 Å². The average molecular weight is 288 g/mol. The second-order valence-corrected chi connectivity index (χ2v) is 4.17. The summed E-state index contributed by atoms with van der Waals surface area (Å²) in [5.41, 5.74) is 5.42. The summed E-state index contributed by atoms with van der Waals surface area (Å²) in [6.45, 7) is -0.278. The maximum Gasteiger partial charge on any atom is 0.311 e. The highest BCUT2D eigenvalue weighted by Crippen LogP contribution is 2.33. The highest BCUT2D eigenvalue weighted by atomic mass is 16.6. The van der Waals surface area contributed by atoms with E-state index in [2.05, 4.69) is 0 Å². The van der Waals surface area contributed by atoms with Crippen molar-refractivity contribution in [1.82, 2.24) is 0 Å². The number of ether oxygens (including phenoxy) is 1. The Balaban J connectivity index is 2.48.